The molecule has 1 unspecified atom stereocenters. The molecule has 2 amide bonds. The van der Waals surface area contributed by atoms with E-state index < -0.39 is 0 Å². The molecule has 0 radical (unpaired) electrons. The van der Waals surface area contributed by atoms with Gasteiger partial charge in [-0.25, -0.2) is 0 Å². The first-order valence-corrected chi connectivity index (χ1v) is 15.3. The lowest BCUT2D eigenvalue weighted by molar-refractivity contribution is -0.138. The molecule has 0 saturated carbocycles. The summed E-state index contributed by atoms with van der Waals surface area (Å²) >= 11 is 0. The molecule has 2 saturated heterocycles. The highest BCUT2D eigenvalue weighted by Gasteiger charge is 2.35. The van der Waals surface area contributed by atoms with Crippen LogP contribution in [0.3, 0.4) is 0 Å². The van der Waals surface area contributed by atoms with Crippen molar-refractivity contribution in [1.82, 2.24) is 14.7 Å². The van der Waals surface area contributed by atoms with Gasteiger partial charge in [-0.3, -0.25) is 14.5 Å². The third kappa shape index (κ3) is 8.41. The van der Waals surface area contributed by atoms with Crippen molar-refractivity contribution in [3.63, 3.8) is 0 Å². The molecule has 5 heteroatoms. The molecule has 0 N–H and O–H groups in total. The van der Waals surface area contributed by atoms with Gasteiger partial charge in [0.25, 0.3) is 0 Å². The molecule has 0 spiro atoms. The Morgan fingerprint density at radius 1 is 0.846 bits per heavy atom. The van der Waals surface area contributed by atoms with E-state index in [9.17, 15) is 9.59 Å². The van der Waals surface area contributed by atoms with Crippen molar-refractivity contribution in [2.24, 2.45) is 5.92 Å². The normalized spacial score (nSPS) is 18.6. The van der Waals surface area contributed by atoms with Gasteiger partial charge in [0.05, 0.1) is 6.04 Å². The Bertz CT molecular complexity index is 980. The smallest absolute Gasteiger partial charge is 0.223 e. The van der Waals surface area contributed by atoms with Crippen LogP contribution >= 0.6 is 0 Å². The van der Waals surface area contributed by atoms with Crippen molar-refractivity contribution in [3.8, 4) is 0 Å². The second-order valence-corrected chi connectivity index (χ2v) is 11.3. The Morgan fingerprint density at radius 2 is 1.38 bits per heavy atom. The van der Waals surface area contributed by atoms with Gasteiger partial charge in [-0.2, -0.15) is 0 Å². The van der Waals surface area contributed by atoms with Crippen molar-refractivity contribution < 1.29 is 9.59 Å². The molecule has 2 aromatic carbocycles. The van der Waals surface area contributed by atoms with Gasteiger partial charge in [0.1, 0.15) is 0 Å². The van der Waals surface area contributed by atoms with Gasteiger partial charge in [-0.1, -0.05) is 93.3 Å². The van der Waals surface area contributed by atoms with Crippen LogP contribution in [-0.2, 0) is 9.59 Å². The summed E-state index contributed by atoms with van der Waals surface area (Å²) in [5.74, 6) is 0.849. The summed E-state index contributed by atoms with van der Waals surface area (Å²) in [5, 5.41) is 0. The van der Waals surface area contributed by atoms with Crippen LogP contribution in [0.2, 0.25) is 0 Å². The van der Waals surface area contributed by atoms with E-state index in [2.05, 4.69) is 79.1 Å². The Kier molecular flexibility index (Phi) is 12.0. The van der Waals surface area contributed by atoms with Gasteiger partial charge in [-0.15, -0.1) is 0 Å². The molecule has 0 bridgehead atoms. The Morgan fingerprint density at radius 3 is 1.87 bits per heavy atom. The number of unbranched alkanes of at least 4 members (excludes halogenated alkanes) is 1. The number of carbonyl (C=O) groups excluding carboxylic acids is 2. The highest BCUT2D eigenvalue weighted by atomic mass is 16.2. The average Bonchev–Trinajstić information content (AvgIpc) is 2.95. The highest BCUT2D eigenvalue weighted by molar-refractivity contribution is 5.77. The summed E-state index contributed by atoms with van der Waals surface area (Å²) in [6.07, 6.45) is 5.83. The van der Waals surface area contributed by atoms with E-state index in [1.54, 1.807) is 6.92 Å². The zero-order valence-electron chi connectivity index (χ0n) is 25.3. The number of likely N-dealkylation sites (tertiary alicyclic amines) is 1. The molecule has 2 aliphatic heterocycles. The third-order valence-electron chi connectivity index (χ3n) is 8.40. The molecule has 2 heterocycles. The fourth-order valence-corrected chi connectivity index (χ4v) is 6.06. The highest BCUT2D eigenvalue weighted by Crippen LogP contribution is 2.33. The molecule has 0 aliphatic carbocycles. The maximum atomic E-state index is 13.6. The summed E-state index contributed by atoms with van der Waals surface area (Å²) < 4.78 is 0. The predicted molar refractivity (Wildman–Crippen MR) is 162 cm³/mol. The minimum absolute atomic E-state index is 0.150. The molecule has 0 aromatic heterocycles. The Hall–Kier alpha value is -2.66. The monoisotopic (exact) mass is 533 g/mol. The van der Waals surface area contributed by atoms with Gasteiger partial charge in [0.15, 0.2) is 0 Å². The van der Waals surface area contributed by atoms with Gasteiger partial charge < -0.3 is 9.80 Å². The molecule has 2 fully saturated rings. The van der Waals surface area contributed by atoms with Crippen LogP contribution in [0.1, 0.15) is 94.5 Å². The largest absolute Gasteiger partial charge is 0.343 e. The molecule has 214 valence electrons. The van der Waals surface area contributed by atoms with E-state index in [0.717, 1.165) is 64.8 Å². The number of hydrogen-bond donors (Lipinski definition) is 0. The summed E-state index contributed by atoms with van der Waals surface area (Å²) in [6.45, 7) is 16.3. The van der Waals surface area contributed by atoms with Crippen molar-refractivity contribution in [2.45, 2.75) is 92.2 Å². The van der Waals surface area contributed by atoms with Crippen molar-refractivity contribution in [3.05, 3.63) is 70.8 Å². The summed E-state index contributed by atoms with van der Waals surface area (Å²) in [7, 11) is 0. The van der Waals surface area contributed by atoms with E-state index in [0.29, 0.717) is 18.2 Å². The van der Waals surface area contributed by atoms with Crippen LogP contribution in [0, 0.1) is 19.8 Å². The molecule has 4 rings (SSSR count). The molecular weight excluding hydrogens is 482 g/mol. The number of aryl methyl sites for hydroxylation is 2. The standard InChI is InChI=1S/C32H45N3O2.C2H6/c1-5-6-7-30-23-34(20-21-35(30)31(37)22-27-16-18-33(19-17-27)26(4)36)32(28-12-8-24(2)9-13-28)29-14-10-25(3)11-15-29;1-2/h8-15,27,30,32H,5-7,16-23H2,1-4H3;1-2H3. The second-order valence-electron chi connectivity index (χ2n) is 11.3. The minimum Gasteiger partial charge on any atom is -0.343 e. The van der Waals surface area contributed by atoms with E-state index in [1.807, 2.05) is 18.7 Å². The second kappa shape index (κ2) is 15.2. The third-order valence-corrected chi connectivity index (χ3v) is 8.40. The topological polar surface area (TPSA) is 43.9 Å². The first-order valence-electron chi connectivity index (χ1n) is 15.3. The zero-order valence-corrected chi connectivity index (χ0v) is 25.3. The lowest BCUT2D eigenvalue weighted by Crippen LogP contribution is -2.56. The number of piperazine rings is 1. The lowest BCUT2D eigenvalue weighted by atomic mass is 9.91. The molecule has 2 aliphatic rings. The molecule has 1 atom stereocenters. The quantitative estimate of drug-likeness (QED) is 0.376. The van der Waals surface area contributed by atoms with Crippen molar-refractivity contribution in [2.75, 3.05) is 32.7 Å². The fourth-order valence-electron chi connectivity index (χ4n) is 6.06. The van der Waals surface area contributed by atoms with Gasteiger partial charge in [-0.05, 0) is 50.2 Å². The molecule has 5 nitrogen and oxygen atoms in total. The lowest BCUT2D eigenvalue weighted by Gasteiger charge is -2.45. The summed E-state index contributed by atoms with van der Waals surface area (Å²) in [5.41, 5.74) is 5.19. The maximum Gasteiger partial charge on any atom is 0.223 e. The van der Waals surface area contributed by atoms with E-state index in [1.165, 1.54) is 22.3 Å². The first kappa shape index (κ1) is 30.9. The predicted octanol–water partition coefficient (Wildman–Crippen LogP) is 6.77. The molecular formula is C34H51N3O2. The van der Waals surface area contributed by atoms with E-state index >= 15 is 0 Å². The summed E-state index contributed by atoms with van der Waals surface area (Å²) in [6, 6.07) is 18.4. The number of benzene rings is 2. The maximum absolute atomic E-state index is 13.6. The number of piperidine rings is 1. The SMILES string of the molecule is CC.CCCCC1CN(C(c2ccc(C)cc2)c2ccc(C)cc2)CCN1C(=O)CC1CCN(C(C)=O)CC1. The number of amides is 2. The summed E-state index contributed by atoms with van der Waals surface area (Å²) in [4.78, 5) is 32.0. The van der Waals surface area contributed by atoms with Gasteiger partial charge >= 0.3 is 0 Å². The van der Waals surface area contributed by atoms with Crippen LogP contribution < -0.4 is 0 Å². The number of carbonyl (C=O) groups is 2. The number of hydrogen-bond acceptors (Lipinski definition) is 3. The Labute approximate surface area is 237 Å². The number of rotatable bonds is 8. The number of nitrogens with zero attached hydrogens (tertiary/aromatic N) is 3. The van der Waals surface area contributed by atoms with Crippen LogP contribution in [0.25, 0.3) is 0 Å². The van der Waals surface area contributed by atoms with Crippen LogP contribution in [0.15, 0.2) is 48.5 Å². The van der Waals surface area contributed by atoms with Crippen molar-refractivity contribution in [1.29, 1.82) is 0 Å². The van der Waals surface area contributed by atoms with E-state index in [4.69, 9.17) is 0 Å². The van der Waals surface area contributed by atoms with E-state index in [-0.39, 0.29) is 18.0 Å². The van der Waals surface area contributed by atoms with Crippen molar-refractivity contribution >= 4 is 11.8 Å². The first-order chi connectivity index (χ1) is 18.9. The van der Waals surface area contributed by atoms with Gasteiger partial charge in [0, 0.05) is 52.1 Å². The van der Waals surface area contributed by atoms with Crippen LogP contribution in [-0.4, -0.2) is 65.3 Å². The van der Waals surface area contributed by atoms with Crippen LogP contribution in [0.5, 0.6) is 0 Å². The average molecular weight is 534 g/mol. The van der Waals surface area contributed by atoms with Gasteiger partial charge in [0.2, 0.25) is 11.8 Å². The zero-order chi connectivity index (χ0) is 28.4. The van der Waals surface area contributed by atoms with Crippen LogP contribution in [0.4, 0.5) is 0 Å². The molecule has 2 aromatic rings. The fraction of sp³-hybridized carbons (Fsp3) is 0.588. The Balaban J connectivity index is 0.00000205. The molecule has 39 heavy (non-hydrogen) atoms. The minimum atomic E-state index is 0.150.